The lowest BCUT2D eigenvalue weighted by Gasteiger charge is -2.04. The van der Waals surface area contributed by atoms with Crippen LogP contribution in [-0.4, -0.2) is 11.5 Å². The van der Waals surface area contributed by atoms with E-state index in [4.69, 9.17) is 0 Å². The number of nitrogens with two attached hydrogens (primary N) is 1. The van der Waals surface area contributed by atoms with Crippen LogP contribution in [0.3, 0.4) is 0 Å². The normalized spacial score (nSPS) is 23.8. The number of nitrogens with zero attached hydrogens (tertiary/aromatic N) is 1. The summed E-state index contributed by atoms with van der Waals surface area (Å²) in [5.41, 5.74) is 1.24. The minimum absolute atomic E-state index is 0.635. The maximum absolute atomic E-state index is 4.33. The minimum Gasteiger partial charge on any atom is -0.339 e. The SMILES string of the molecule is c1ccc([C@@H]2CCC[NH2+]2)nc1. The number of pyridine rings is 1. The van der Waals surface area contributed by atoms with Crippen LogP contribution in [0, 0.1) is 0 Å². The van der Waals surface area contributed by atoms with E-state index in [0.717, 1.165) is 0 Å². The van der Waals surface area contributed by atoms with E-state index in [1.165, 1.54) is 25.1 Å². The molecule has 0 saturated carbocycles. The van der Waals surface area contributed by atoms with Crippen molar-refractivity contribution in [3.05, 3.63) is 30.1 Å². The molecule has 1 aliphatic rings. The Morgan fingerprint density at radius 2 is 2.45 bits per heavy atom. The monoisotopic (exact) mass is 149 g/mol. The van der Waals surface area contributed by atoms with E-state index in [1.807, 2.05) is 12.3 Å². The topological polar surface area (TPSA) is 29.5 Å². The van der Waals surface area contributed by atoms with Gasteiger partial charge in [0, 0.05) is 19.0 Å². The Balaban J connectivity index is 2.16. The molecular weight excluding hydrogens is 136 g/mol. The van der Waals surface area contributed by atoms with Crippen LogP contribution in [0.2, 0.25) is 0 Å². The average Bonchev–Trinajstić information content (AvgIpc) is 2.58. The van der Waals surface area contributed by atoms with Gasteiger partial charge in [-0.25, -0.2) is 0 Å². The van der Waals surface area contributed by atoms with Crippen LogP contribution < -0.4 is 5.32 Å². The fourth-order valence-corrected chi connectivity index (χ4v) is 1.64. The molecular formula is C9H13N2+. The fourth-order valence-electron chi connectivity index (χ4n) is 1.64. The molecule has 1 aromatic rings. The van der Waals surface area contributed by atoms with Crippen molar-refractivity contribution in [2.75, 3.05) is 6.54 Å². The van der Waals surface area contributed by atoms with Crippen molar-refractivity contribution in [1.82, 2.24) is 4.98 Å². The zero-order valence-corrected chi connectivity index (χ0v) is 6.53. The van der Waals surface area contributed by atoms with E-state index in [1.54, 1.807) is 0 Å². The molecule has 0 aromatic carbocycles. The van der Waals surface area contributed by atoms with Gasteiger partial charge in [-0.2, -0.15) is 0 Å². The number of rotatable bonds is 1. The molecule has 2 heteroatoms. The molecule has 11 heavy (non-hydrogen) atoms. The molecule has 2 N–H and O–H groups in total. The van der Waals surface area contributed by atoms with Crippen LogP contribution in [0.4, 0.5) is 0 Å². The smallest absolute Gasteiger partial charge is 0.129 e. The highest BCUT2D eigenvalue weighted by Gasteiger charge is 2.20. The number of aromatic nitrogens is 1. The summed E-state index contributed by atoms with van der Waals surface area (Å²) in [7, 11) is 0. The van der Waals surface area contributed by atoms with Crippen molar-refractivity contribution < 1.29 is 5.32 Å². The molecule has 1 fully saturated rings. The molecule has 0 amide bonds. The highest BCUT2D eigenvalue weighted by Crippen LogP contribution is 2.13. The van der Waals surface area contributed by atoms with Crippen molar-refractivity contribution in [2.45, 2.75) is 18.9 Å². The average molecular weight is 149 g/mol. The molecule has 1 aromatic heterocycles. The van der Waals surface area contributed by atoms with Crippen molar-refractivity contribution in [3.8, 4) is 0 Å². The lowest BCUT2D eigenvalue weighted by atomic mass is 10.1. The number of hydrogen-bond acceptors (Lipinski definition) is 1. The Morgan fingerprint density at radius 3 is 3.09 bits per heavy atom. The summed E-state index contributed by atoms with van der Waals surface area (Å²) < 4.78 is 0. The lowest BCUT2D eigenvalue weighted by Crippen LogP contribution is -2.81. The van der Waals surface area contributed by atoms with Gasteiger partial charge in [0.1, 0.15) is 6.04 Å². The predicted molar refractivity (Wildman–Crippen MR) is 43.0 cm³/mol. The van der Waals surface area contributed by atoms with Crippen molar-refractivity contribution in [3.63, 3.8) is 0 Å². The van der Waals surface area contributed by atoms with Crippen molar-refractivity contribution >= 4 is 0 Å². The summed E-state index contributed by atoms with van der Waals surface area (Å²) in [6, 6.07) is 6.79. The third kappa shape index (κ3) is 1.40. The zero-order valence-electron chi connectivity index (χ0n) is 6.53. The first-order chi connectivity index (χ1) is 5.47. The van der Waals surface area contributed by atoms with Gasteiger partial charge in [0.25, 0.3) is 0 Å². The van der Waals surface area contributed by atoms with Gasteiger partial charge in [-0.1, -0.05) is 6.07 Å². The van der Waals surface area contributed by atoms with E-state index in [9.17, 15) is 0 Å². The minimum atomic E-state index is 0.635. The van der Waals surface area contributed by atoms with Gasteiger partial charge in [0.05, 0.1) is 12.2 Å². The molecule has 2 nitrogen and oxygen atoms in total. The molecule has 1 aliphatic heterocycles. The standard InChI is InChI=1S/C9H12N2/c1-2-6-10-8(4-1)9-5-3-7-11-9/h1-2,4,6,9,11H,3,5,7H2/p+1/t9-/m0/s1. The third-order valence-electron chi connectivity index (χ3n) is 2.24. The van der Waals surface area contributed by atoms with Gasteiger partial charge in [0.2, 0.25) is 0 Å². The van der Waals surface area contributed by atoms with E-state index in [2.05, 4.69) is 22.4 Å². The van der Waals surface area contributed by atoms with Gasteiger partial charge in [0.15, 0.2) is 0 Å². The summed E-state index contributed by atoms with van der Waals surface area (Å²) in [5, 5.41) is 2.38. The molecule has 2 heterocycles. The Morgan fingerprint density at radius 1 is 1.45 bits per heavy atom. The Hall–Kier alpha value is -0.890. The first-order valence-electron chi connectivity index (χ1n) is 4.21. The molecule has 58 valence electrons. The lowest BCUT2D eigenvalue weighted by molar-refractivity contribution is -0.676. The summed E-state index contributed by atoms with van der Waals surface area (Å²) in [6.07, 6.45) is 4.50. The molecule has 0 radical (unpaired) electrons. The Bertz CT molecular complexity index is 214. The van der Waals surface area contributed by atoms with Gasteiger partial charge in [-0.05, 0) is 12.1 Å². The van der Waals surface area contributed by atoms with Crippen LogP contribution >= 0.6 is 0 Å². The van der Waals surface area contributed by atoms with Gasteiger partial charge in [-0.3, -0.25) is 4.98 Å². The number of hydrogen-bond donors (Lipinski definition) is 1. The van der Waals surface area contributed by atoms with Crippen LogP contribution in [-0.2, 0) is 0 Å². The molecule has 0 aliphatic carbocycles. The molecule has 0 unspecified atom stereocenters. The van der Waals surface area contributed by atoms with Crippen molar-refractivity contribution in [2.24, 2.45) is 0 Å². The maximum Gasteiger partial charge on any atom is 0.129 e. The second-order valence-electron chi connectivity index (χ2n) is 3.03. The van der Waals surface area contributed by atoms with E-state index >= 15 is 0 Å². The summed E-state index contributed by atoms with van der Waals surface area (Å²) >= 11 is 0. The molecule has 1 atom stereocenters. The Labute approximate surface area is 66.7 Å². The third-order valence-corrected chi connectivity index (χ3v) is 2.24. The highest BCUT2D eigenvalue weighted by atomic mass is 15.0. The maximum atomic E-state index is 4.33. The quantitative estimate of drug-likeness (QED) is 0.618. The van der Waals surface area contributed by atoms with Gasteiger partial charge in [-0.15, -0.1) is 0 Å². The van der Waals surface area contributed by atoms with Crippen LogP contribution in [0.15, 0.2) is 24.4 Å². The largest absolute Gasteiger partial charge is 0.339 e. The molecule has 1 saturated heterocycles. The Kier molecular flexibility index (Phi) is 1.86. The summed E-state index contributed by atoms with van der Waals surface area (Å²) in [4.78, 5) is 4.33. The first-order valence-corrected chi connectivity index (χ1v) is 4.21. The van der Waals surface area contributed by atoms with Crippen LogP contribution in [0.25, 0.3) is 0 Å². The molecule has 0 bridgehead atoms. The molecule has 0 spiro atoms. The summed E-state index contributed by atoms with van der Waals surface area (Å²) in [6.45, 7) is 1.27. The first kappa shape index (κ1) is 6.80. The van der Waals surface area contributed by atoms with Crippen LogP contribution in [0.1, 0.15) is 24.6 Å². The van der Waals surface area contributed by atoms with E-state index in [0.29, 0.717) is 6.04 Å². The van der Waals surface area contributed by atoms with Crippen LogP contribution in [0.5, 0.6) is 0 Å². The van der Waals surface area contributed by atoms with Gasteiger partial charge >= 0.3 is 0 Å². The second kappa shape index (κ2) is 3.01. The highest BCUT2D eigenvalue weighted by molar-refractivity contribution is 5.06. The van der Waals surface area contributed by atoms with Crippen molar-refractivity contribution in [1.29, 1.82) is 0 Å². The fraction of sp³-hybridized carbons (Fsp3) is 0.444. The van der Waals surface area contributed by atoms with E-state index < -0.39 is 0 Å². The number of quaternary nitrogens is 1. The van der Waals surface area contributed by atoms with E-state index in [-0.39, 0.29) is 0 Å². The summed E-state index contributed by atoms with van der Waals surface area (Å²) in [5.74, 6) is 0. The molecule has 2 rings (SSSR count). The second-order valence-corrected chi connectivity index (χ2v) is 3.03. The zero-order chi connectivity index (χ0) is 7.52. The van der Waals surface area contributed by atoms with Gasteiger partial charge < -0.3 is 5.32 Å². The predicted octanol–water partition coefficient (Wildman–Crippen LogP) is 0.480.